The molecule has 368 valence electrons. The van der Waals surface area contributed by atoms with Crippen LogP contribution < -0.4 is 4.74 Å². The Kier molecular flexibility index (Phi) is 11.3. The van der Waals surface area contributed by atoms with Crippen molar-refractivity contribution < 1.29 is 8.85 Å². The number of pyridine rings is 1. The molecule has 0 radical (unpaired) electrons. The van der Waals surface area contributed by atoms with Crippen LogP contribution in [0.4, 0.5) is 0 Å². The number of hydrogen-bond acceptors (Lipinski definition) is 3. The van der Waals surface area contributed by atoms with Crippen LogP contribution in [-0.2, 0) is 21.7 Å². The van der Waals surface area contributed by atoms with Gasteiger partial charge in [0.05, 0.1) is 22.9 Å². The van der Waals surface area contributed by atoms with Crippen molar-refractivity contribution in [2.45, 2.75) is 119 Å². The number of ether oxygens (including phenoxy) is 1. The van der Waals surface area contributed by atoms with Gasteiger partial charge >= 0.3 is 0 Å². The Balaban J connectivity index is 1.15. The van der Waals surface area contributed by atoms with E-state index in [2.05, 4.69) is 198 Å². The van der Waals surface area contributed by atoms with Crippen molar-refractivity contribution in [1.82, 2.24) is 19.3 Å². The van der Waals surface area contributed by atoms with E-state index in [0.29, 0.717) is 22.6 Å². The Morgan fingerprint density at radius 3 is 1.81 bits per heavy atom. The van der Waals surface area contributed by atoms with Crippen molar-refractivity contribution in [3.8, 4) is 67.5 Å². The van der Waals surface area contributed by atoms with Gasteiger partial charge in [-0.15, -0.1) is 0 Å². The first kappa shape index (κ1) is 45.4. The minimum atomic E-state index is -2.38. The summed E-state index contributed by atoms with van der Waals surface area (Å²) >= 11 is 0. The second-order valence-corrected chi connectivity index (χ2v) is 24.1. The first-order chi connectivity index (χ1) is 35.7. The molecule has 0 aliphatic rings. The smallest absolute Gasteiger partial charge is 0.137 e. The molecule has 0 atom stereocenters. The van der Waals surface area contributed by atoms with Crippen LogP contribution in [-0.4, -0.2) is 19.3 Å². The zero-order valence-corrected chi connectivity index (χ0v) is 44.9. The maximum Gasteiger partial charge on any atom is 0.137 e. The molecule has 7 aromatic carbocycles. The van der Waals surface area contributed by atoms with Crippen LogP contribution in [0.25, 0.3) is 77.8 Å². The van der Waals surface area contributed by atoms with Crippen molar-refractivity contribution >= 4 is 21.8 Å². The van der Waals surface area contributed by atoms with E-state index >= 15 is 0 Å². The summed E-state index contributed by atoms with van der Waals surface area (Å²) < 4.78 is 37.5. The maximum atomic E-state index is 8.77. The van der Waals surface area contributed by atoms with E-state index < -0.39 is 6.85 Å². The number of fused-ring (bicyclic) bond motifs is 3. The van der Waals surface area contributed by atoms with Crippen molar-refractivity contribution in [3.05, 3.63) is 204 Å². The van der Waals surface area contributed by atoms with Gasteiger partial charge in [0.1, 0.15) is 17.3 Å². The maximum absolute atomic E-state index is 8.77. The lowest BCUT2D eigenvalue weighted by Crippen LogP contribution is -2.15. The molecule has 0 aliphatic carbocycles. The summed E-state index contributed by atoms with van der Waals surface area (Å²) in [5, 5.41) is 7.08. The molecule has 5 heteroatoms. The number of nitrogens with zero attached hydrogens (tertiary/aromatic N) is 4. The minimum absolute atomic E-state index is 0.00479. The quantitative estimate of drug-likeness (QED) is 0.152. The summed E-state index contributed by atoms with van der Waals surface area (Å²) in [6.45, 7) is 26.3. The second-order valence-electron chi connectivity index (χ2n) is 24.1. The van der Waals surface area contributed by atoms with Crippen LogP contribution in [0.1, 0.15) is 121 Å². The summed E-state index contributed by atoms with van der Waals surface area (Å²) in [5.41, 5.74) is 16.3. The van der Waals surface area contributed by atoms with E-state index in [1.165, 1.54) is 22.3 Å². The predicted molar refractivity (Wildman–Crippen MR) is 308 cm³/mol. The average molecular weight is 962 g/mol. The van der Waals surface area contributed by atoms with Gasteiger partial charge in [0.2, 0.25) is 0 Å². The molecule has 0 spiro atoms. The van der Waals surface area contributed by atoms with Crippen LogP contribution in [0.5, 0.6) is 11.5 Å². The number of aromatic nitrogens is 4. The SMILES string of the molecule is [2H]C([2H])([2H])c1cc(C(C)(C)C)ccc1-c1cc(Oc2ccc3c4cc(-c5ccccc5)ccc4n(-c4cc(C(C)(C)C)c(-c5cccc(C(C)(C)C)c5)cn4)c3c2)cc(-n2cc(-c3ccc(C(C)(C)C)cc3C)cn2)c1. The summed E-state index contributed by atoms with van der Waals surface area (Å²) in [6, 6.07) is 53.0. The number of hydrogen-bond donors (Lipinski definition) is 0. The molecule has 0 unspecified atom stereocenters. The third-order valence-corrected chi connectivity index (χ3v) is 14.4. The monoisotopic (exact) mass is 962 g/mol. The van der Waals surface area contributed by atoms with E-state index in [4.69, 9.17) is 18.9 Å². The largest absolute Gasteiger partial charge is 0.457 e. The van der Waals surface area contributed by atoms with Gasteiger partial charge in [-0.2, -0.15) is 5.10 Å². The summed E-state index contributed by atoms with van der Waals surface area (Å²) in [7, 11) is 0. The Hall–Kier alpha value is -7.50. The molecule has 3 heterocycles. The van der Waals surface area contributed by atoms with Crippen LogP contribution in [0.15, 0.2) is 170 Å². The van der Waals surface area contributed by atoms with E-state index in [1.807, 2.05) is 71.8 Å². The average Bonchev–Trinajstić information content (AvgIpc) is 4.00. The molecule has 0 aliphatic heterocycles. The van der Waals surface area contributed by atoms with Gasteiger partial charge < -0.3 is 4.74 Å². The highest BCUT2D eigenvalue weighted by Gasteiger charge is 2.25. The fourth-order valence-corrected chi connectivity index (χ4v) is 10.1. The van der Waals surface area contributed by atoms with E-state index in [9.17, 15) is 0 Å². The molecule has 73 heavy (non-hydrogen) atoms. The standard InChI is InChI=1S/C68H70N4O/c1-43-31-51(66(6,7)8)24-27-56(43)48-34-53(71-42-49(40-70-71)57-28-25-52(32-44(57)2)67(9,10)11)37-55(35-48)73-54-26-29-58-59-36-46(45-19-16-15-17-20-45)23-30-62(59)72(63(58)38-54)64-39-61(68(12,13)14)60(41-69-64)47-21-18-22-50(33-47)65(3,4)5/h15-42H,1-14H3/i1D3. The summed E-state index contributed by atoms with van der Waals surface area (Å²) in [6.07, 6.45) is 5.98. The first-order valence-corrected chi connectivity index (χ1v) is 25.6. The van der Waals surface area contributed by atoms with E-state index in [-0.39, 0.29) is 27.2 Å². The highest BCUT2D eigenvalue weighted by atomic mass is 16.5. The molecule has 0 amide bonds. The van der Waals surface area contributed by atoms with Crippen molar-refractivity contribution in [2.75, 3.05) is 0 Å². The predicted octanol–water partition coefficient (Wildman–Crippen LogP) is 18.6. The highest BCUT2D eigenvalue weighted by molar-refractivity contribution is 6.10. The van der Waals surface area contributed by atoms with Gasteiger partial charge in [0.25, 0.3) is 0 Å². The molecule has 5 nitrogen and oxygen atoms in total. The van der Waals surface area contributed by atoms with Crippen molar-refractivity contribution in [3.63, 3.8) is 0 Å². The second kappa shape index (κ2) is 18.2. The van der Waals surface area contributed by atoms with Gasteiger partial charge in [-0.1, -0.05) is 180 Å². The minimum Gasteiger partial charge on any atom is -0.457 e. The molecular weight excluding hydrogens is 889 g/mol. The van der Waals surface area contributed by atoms with Gasteiger partial charge in [0.15, 0.2) is 0 Å². The van der Waals surface area contributed by atoms with Gasteiger partial charge in [-0.3, -0.25) is 4.57 Å². The lowest BCUT2D eigenvalue weighted by molar-refractivity contribution is 0.483. The van der Waals surface area contributed by atoms with Crippen LogP contribution in [0, 0.1) is 13.8 Å². The molecule has 10 rings (SSSR count). The topological polar surface area (TPSA) is 44.9 Å². The number of aryl methyl sites for hydroxylation is 2. The van der Waals surface area contributed by atoms with Crippen molar-refractivity contribution in [2.24, 2.45) is 0 Å². The van der Waals surface area contributed by atoms with E-state index in [0.717, 1.165) is 72.3 Å². The molecule has 0 saturated heterocycles. The third-order valence-electron chi connectivity index (χ3n) is 14.4. The molecule has 0 saturated carbocycles. The van der Waals surface area contributed by atoms with E-state index in [1.54, 1.807) is 0 Å². The van der Waals surface area contributed by atoms with Gasteiger partial charge in [0, 0.05) is 50.5 Å². The zero-order valence-electron chi connectivity index (χ0n) is 47.9. The molecule has 10 aromatic rings. The molecule has 0 N–H and O–H groups in total. The lowest BCUT2D eigenvalue weighted by atomic mass is 9.81. The van der Waals surface area contributed by atoms with Gasteiger partial charge in [-0.25, -0.2) is 9.67 Å². The molecular formula is C68H70N4O. The fourth-order valence-electron chi connectivity index (χ4n) is 10.1. The molecule has 3 aromatic heterocycles. The Bertz CT molecular complexity index is 3830. The van der Waals surface area contributed by atoms with Crippen LogP contribution >= 0.6 is 0 Å². The Labute approximate surface area is 437 Å². The Morgan fingerprint density at radius 1 is 0.452 bits per heavy atom. The Morgan fingerprint density at radius 2 is 1.12 bits per heavy atom. The van der Waals surface area contributed by atoms with Gasteiger partial charge in [-0.05, 0) is 145 Å². The number of benzene rings is 7. The summed E-state index contributed by atoms with van der Waals surface area (Å²) in [5.74, 6) is 1.96. The van der Waals surface area contributed by atoms with Crippen LogP contribution in [0.3, 0.4) is 0 Å². The normalized spacial score (nSPS) is 13.3. The number of rotatable bonds is 8. The lowest BCUT2D eigenvalue weighted by Gasteiger charge is -2.25. The molecule has 0 fully saturated rings. The van der Waals surface area contributed by atoms with Crippen molar-refractivity contribution in [1.29, 1.82) is 0 Å². The third kappa shape index (κ3) is 9.78. The summed E-state index contributed by atoms with van der Waals surface area (Å²) in [4.78, 5) is 5.31. The van der Waals surface area contributed by atoms with Crippen LogP contribution in [0.2, 0.25) is 0 Å². The highest BCUT2D eigenvalue weighted by Crippen LogP contribution is 2.42. The zero-order chi connectivity index (χ0) is 54.3. The fraction of sp³-hybridized carbons (Fsp3) is 0.265. The molecule has 0 bridgehead atoms. The first-order valence-electron chi connectivity index (χ1n) is 27.1.